The number of aromatic hydroxyl groups is 1. The van der Waals surface area contributed by atoms with Crippen molar-refractivity contribution in [2.24, 2.45) is 4.99 Å². The van der Waals surface area contributed by atoms with Gasteiger partial charge in [-0.15, -0.1) is 0 Å². The molecule has 1 aromatic carbocycles. The standard InChI is InChI=1S/C18H13Cl2N7O3/c19-11-4-3-10(6-12(11)20)30-18-24-14-8(5-13-15(28)25-17(29)23-13)7-21-27(14)16(26-18)22-9-1-2-9/h3-7,9,28H,1-2H2,(H2,23,25,29). The first-order valence-electron chi connectivity index (χ1n) is 8.92. The van der Waals surface area contributed by atoms with Crippen LogP contribution in [0.2, 0.25) is 10.0 Å². The second-order valence-electron chi connectivity index (χ2n) is 6.67. The van der Waals surface area contributed by atoms with Crippen LogP contribution in [0.1, 0.15) is 18.5 Å². The zero-order valence-corrected chi connectivity index (χ0v) is 16.6. The van der Waals surface area contributed by atoms with Gasteiger partial charge in [0.05, 0.1) is 22.3 Å². The maximum Gasteiger partial charge on any atom is 0.327 e. The molecule has 0 bridgehead atoms. The number of fused-ring (bicyclic) bond motifs is 1. The number of benzene rings is 1. The van der Waals surface area contributed by atoms with Crippen molar-refractivity contribution in [3.63, 3.8) is 0 Å². The van der Waals surface area contributed by atoms with E-state index in [1.54, 1.807) is 18.2 Å². The number of nitrogens with zero attached hydrogens (tertiary/aromatic N) is 5. The molecule has 1 saturated carbocycles. The predicted octanol–water partition coefficient (Wildman–Crippen LogP) is 1.56. The van der Waals surface area contributed by atoms with Crippen molar-refractivity contribution in [3.05, 3.63) is 61.5 Å². The molecule has 3 heterocycles. The molecule has 1 fully saturated rings. The molecule has 0 aliphatic heterocycles. The van der Waals surface area contributed by atoms with Crippen LogP contribution in [0.25, 0.3) is 11.7 Å². The van der Waals surface area contributed by atoms with Crippen molar-refractivity contribution < 1.29 is 9.84 Å². The number of aromatic nitrogens is 6. The van der Waals surface area contributed by atoms with Crippen LogP contribution in [0.15, 0.2) is 34.2 Å². The van der Waals surface area contributed by atoms with Gasteiger partial charge >= 0.3 is 11.7 Å². The largest absolute Gasteiger partial charge is 0.493 e. The normalized spacial score (nSPS) is 15.3. The van der Waals surface area contributed by atoms with E-state index >= 15 is 0 Å². The molecule has 0 atom stereocenters. The number of ether oxygens (including phenoxy) is 1. The van der Waals surface area contributed by atoms with Crippen LogP contribution in [-0.2, 0) is 0 Å². The highest BCUT2D eigenvalue weighted by Crippen LogP contribution is 2.28. The van der Waals surface area contributed by atoms with E-state index in [0.717, 1.165) is 12.8 Å². The second kappa shape index (κ2) is 7.15. The van der Waals surface area contributed by atoms with Crippen LogP contribution in [-0.4, -0.2) is 40.7 Å². The van der Waals surface area contributed by atoms with Gasteiger partial charge in [0.25, 0.3) is 5.62 Å². The van der Waals surface area contributed by atoms with Gasteiger partial charge in [0.1, 0.15) is 11.4 Å². The summed E-state index contributed by atoms with van der Waals surface area (Å²) < 4.78 is 7.25. The van der Waals surface area contributed by atoms with Crippen molar-refractivity contribution in [3.8, 4) is 17.6 Å². The van der Waals surface area contributed by atoms with E-state index in [4.69, 9.17) is 27.9 Å². The third kappa shape index (κ3) is 3.62. The van der Waals surface area contributed by atoms with E-state index in [9.17, 15) is 9.90 Å². The summed E-state index contributed by atoms with van der Waals surface area (Å²) in [5.41, 5.74) is 0.393. The molecule has 152 valence electrons. The average molecular weight is 446 g/mol. The lowest BCUT2D eigenvalue weighted by molar-refractivity contribution is 0.435. The summed E-state index contributed by atoms with van der Waals surface area (Å²) >= 11 is 12.0. The number of H-pyrrole nitrogens is 2. The molecule has 5 rings (SSSR count). The molecule has 1 aliphatic carbocycles. The summed E-state index contributed by atoms with van der Waals surface area (Å²) in [6, 6.07) is 5.04. The molecule has 1 aliphatic rings. The summed E-state index contributed by atoms with van der Waals surface area (Å²) in [5, 5.41) is 15.4. The summed E-state index contributed by atoms with van der Waals surface area (Å²) in [4.78, 5) is 29.5. The molecule has 12 heteroatoms. The summed E-state index contributed by atoms with van der Waals surface area (Å²) in [5.74, 6) is 0.118. The van der Waals surface area contributed by atoms with Gasteiger partial charge in [-0.3, -0.25) is 4.98 Å². The molecular weight excluding hydrogens is 433 g/mol. The molecule has 0 radical (unpaired) electrons. The number of nitrogens with one attached hydrogen (secondary N) is 2. The molecule has 0 saturated heterocycles. The fraction of sp³-hybridized carbons (Fsp3) is 0.167. The minimum atomic E-state index is -0.530. The van der Waals surface area contributed by atoms with Gasteiger partial charge in [0.2, 0.25) is 5.88 Å². The van der Waals surface area contributed by atoms with Crippen LogP contribution in [0.5, 0.6) is 17.6 Å². The predicted molar refractivity (Wildman–Crippen MR) is 108 cm³/mol. The Morgan fingerprint density at radius 2 is 2.07 bits per heavy atom. The Morgan fingerprint density at radius 3 is 2.77 bits per heavy atom. The smallest absolute Gasteiger partial charge is 0.327 e. The summed E-state index contributed by atoms with van der Waals surface area (Å²) in [6.07, 6.45) is 5.02. The second-order valence-corrected chi connectivity index (χ2v) is 7.48. The van der Waals surface area contributed by atoms with Crippen LogP contribution >= 0.6 is 23.2 Å². The minimum absolute atomic E-state index is 0.0437. The molecule has 0 unspecified atom stereocenters. The summed E-state index contributed by atoms with van der Waals surface area (Å²) in [6.45, 7) is 0. The Bertz CT molecular complexity index is 1450. The van der Waals surface area contributed by atoms with Gasteiger partial charge in [-0.05, 0) is 31.1 Å². The zero-order valence-electron chi connectivity index (χ0n) is 15.1. The van der Waals surface area contributed by atoms with Crippen molar-refractivity contribution in [1.29, 1.82) is 0 Å². The third-order valence-corrected chi connectivity index (χ3v) is 5.08. The van der Waals surface area contributed by atoms with Crippen molar-refractivity contribution in [2.75, 3.05) is 0 Å². The molecule has 4 aromatic rings. The zero-order chi connectivity index (χ0) is 20.8. The molecule has 0 amide bonds. The van der Waals surface area contributed by atoms with E-state index < -0.39 is 5.69 Å². The van der Waals surface area contributed by atoms with Gasteiger partial charge in [-0.2, -0.15) is 19.6 Å². The Balaban J connectivity index is 1.67. The van der Waals surface area contributed by atoms with Crippen molar-refractivity contribution in [1.82, 2.24) is 29.5 Å². The monoisotopic (exact) mass is 445 g/mol. The van der Waals surface area contributed by atoms with Gasteiger partial charge in [-0.25, -0.2) is 9.79 Å². The van der Waals surface area contributed by atoms with Crippen LogP contribution in [0.3, 0.4) is 0 Å². The van der Waals surface area contributed by atoms with E-state index in [2.05, 4.69) is 30.0 Å². The lowest BCUT2D eigenvalue weighted by Gasteiger charge is -2.05. The van der Waals surface area contributed by atoms with E-state index in [1.807, 2.05) is 0 Å². The molecule has 30 heavy (non-hydrogen) atoms. The number of halogens is 2. The number of imidazole rings is 1. The van der Waals surface area contributed by atoms with Crippen molar-refractivity contribution in [2.45, 2.75) is 18.9 Å². The fourth-order valence-electron chi connectivity index (χ4n) is 2.75. The van der Waals surface area contributed by atoms with Gasteiger partial charge < -0.3 is 14.8 Å². The van der Waals surface area contributed by atoms with Gasteiger partial charge in [-0.1, -0.05) is 23.2 Å². The lowest BCUT2D eigenvalue weighted by atomic mass is 10.3. The van der Waals surface area contributed by atoms with E-state index in [-0.39, 0.29) is 23.6 Å². The number of rotatable bonds is 4. The minimum Gasteiger partial charge on any atom is -0.493 e. The first-order chi connectivity index (χ1) is 14.5. The van der Waals surface area contributed by atoms with Crippen LogP contribution in [0.4, 0.5) is 0 Å². The topological polar surface area (TPSA) is 134 Å². The summed E-state index contributed by atoms with van der Waals surface area (Å²) in [7, 11) is 0. The Labute approximate surface area is 177 Å². The third-order valence-electron chi connectivity index (χ3n) is 4.34. The Morgan fingerprint density at radius 1 is 1.23 bits per heavy atom. The SMILES string of the molecule is O=c1[nH]c(O)c(C=c2cnn3c(=NC4CC4)nc(Oc4ccc(Cl)c(Cl)c4)nc23)[nH]1. The Hall–Kier alpha value is -3.37. The average Bonchev–Trinajstić information content (AvgIpc) is 3.34. The molecule has 0 spiro atoms. The molecular formula is C18H13Cl2N7O3. The fourth-order valence-corrected chi connectivity index (χ4v) is 3.04. The lowest BCUT2D eigenvalue weighted by Crippen LogP contribution is -2.23. The van der Waals surface area contributed by atoms with Crippen LogP contribution < -0.4 is 21.3 Å². The number of aromatic amines is 2. The van der Waals surface area contributed by atoms with Gasteiger partial charge in [0, 0.05) is 11.3 Å². The molecule has 3 N–H and O–H groups in total. The Kier molecular flexibility index (Phi) is 4.44. The van der Waals surface area contributed by atoms with Crippen LogP contribution in [0, 0.1) is 0 Å². The maximum atomic E-state index is 11.4. The highest BCUT2D eigenvalue weighted by Gasteiger charge is 2.21. The number of hydrogen-bond donors (Lipinski definition) is 3. The van der Waals surface area contributed by atoms with E-state index in [0.29, 0.717) is 32.3 Å². The van der Waals surface area contributed by atoms with Crippen molar-refractivity contribution >= 4 is 34.9 Å². The quantitative estimate of drug-likeness (QED) is 0.436. The van der Waals surface area contributed by atoms with E-state index in [1.165, 1.54) is 16.8 Å². The molecule has 10 nitrogen and oxygen atoms in total. The highest BCUT2D eigenvalue weighted by molar-refractivity contribution is 6.42. The maximum absolute atomic E-state index is 11.4. The number of hydrogen-bond acceptors (Lipinski definition) is 7. The first kappa shape index (κ1) is 18.6. The molecule has 3 aromatic heterocycles. The van der Waals surface area contributed by atoms with Gasteiger partial charge in [0.15, 0.2) is 5.65 Å². The first-order valence-corrected chi connectivity index (χ1v) is 9.67. The highest BCUT2D eigenvalue weighted by atomic mass is 35.5.